The van der Waals surface area contributed by atoms with Crippen molar-refractivity contribution in [2.45, 2.75) is 17.4 Å². The van der Waals surface area contributed by atoms with Gasteiger partial charge in [-0.3, -0.25) is 0 Å². The number of ether oxygens (including phenoxy) is 1. The first kappa shape index (κ1) is 15.5. The number of nitrogens with one attached hydrogen (secondary N) is 1. The predicted molar refractivity (Wildman–Crippen MR) is 73.5 cm³/mol. The molecular weight excluding hydrogens is 301 g/mol. The van der Waals surface area contributed by atoms with Crippen molar-refractivity contribution in [3.63, 3.8) is 0 Å². The molecule has 0 radical (unpaired) electrons. The molecule has 1 atom stereocenters. The Morgan fingerprint density at radius 1 is 1.52 bits per heavy atom. The van der Waals surface area contributed by atoms with E-state index in [2.05, 4.69) is 10.1 Å². The van der Waals surface area contributed by atoms with Crippen LogP contribution in [0, 0.1) is 5.82 Å². The van der Waals surface area contributed by atoms with Crippen molar-refractivity contribution in [3.8, 4) is 0 Å². The molecule has 0 spiro atoms. The number of hydrogen-bond donors (Lipinski definition) is 2. The summed E-state index contributed by atoms with van der Waals surface area (Å²) in [6, 6.07) is 3.08. The summed E-state index contributed by atoms with van der Waals surface area (Å²) in [5.41, 5.74) is 5.56. The first-order valence-electron chi connectivity index (χ1n) is 6.24. The first-order valence-corrected chi connectivity index (χ1v) is 7.68. The van der Waals surface area contributed by atoms with E-state index in [0.29, 0.717) is 6.42 Å². The predicted octanol–water partition coefficient (Wildman–Crippen LogP) is 0.527. The molecule has 3 N–H and O–H groups in total. The molecule has 2 rings (SSSR count). The summed E-state index contributed by atoms with van der Waals surface area (Å²) in [5, 5.41) is 2.52. The van der Waals surface area contributed by atoms with Crippen molar-refractivity contribution >= 4 is 21.8 Å². The number of hydrogen-bond acceptors (Lipinski definition) is 5. The number of alkyl carbamates (subject to hydrolysis) is 1. The van der Waals surface area contributed by atoms with Gasteiger partial charge in [-0.05, 0) is 24.6 Å². The summed E-state index contributed by atoms with van der Waals surface area (Å²) >= 11 is 0. The van der Waals surface area contributed by atoms with Gasteiger partial charge in [0.25, 0.3) is 0 Å². The SMILES string of the molecule is COC(=O)NC1CCN(S(=O)(=O)c2ccc(N)cc2F)C1. The van der Waals surface area contributed by atoms with Gasteiger partial charge in [0.2, 0.25) is 10.0 Å². The number of anilines is 1. The Bertz CT molecular complexity index is 650. The van der Waals surface area contributed by atoms with E-state index >= 15 is 0 Å². The maximum absolute atomic E-state index is 13.8. The van der Waals surface area contributed by atoms with Gasteiger partial charge in [0, 0.05) is 24.8 Å². The highest BCUT2D eigenvalue weighted by atomic mass is 32.2. The average Bonchev–Trinajstić information content (AvgIpc) is 2.87. The second kappa shape index (κ2) is 5.86. The van der Waals surface area contributed by atoms with Gasteiger partial charge in [-0.25, -0.2) is 17.6 Å². The average molecular weight is 317 g/mol. The Kier molecular flexibility index (Phi) is 4.33. The minimum atomic E-state index is -3.95. The summed E-state index contributed by atoms with van der Waals surface area (Å²) in [4.78, 5) is 10.7. The van der Waals surface area contributed by atoms with Crippen LogP contribution in [0.25, 0.3) is 0 Å². The monoisotopic (exact) mass is 317 g/mol. The molecule has 1 unspecified atom stereocenters. The third-order valence-corrected chi connectivity index (χ3v) is 5.13. The number of nitrogens with two attached hydrogens (primary N) is 1. The number of nitrogens with zero attached hydrogens (tertiary/aromatic N) is 1. The molecular formula is C12H16FN3O4S. The van der Waals surface area contributed by atoms with Crippen molar-refractivity contribution in [2.75, 3.05) is 25.9 Å². The lowest BCUT2D eigenvalue weighted by molar-refractivity contribution is 0.167. The maximum atomic E-state index is 13.8. The standard InChI is InChI=1S/C12H16FN3O4S/c1-20-12(17)15-9-4-5-16(7-9)21(18,19)11-3-2-8(14)6-10(11)13/h2-3,6,9H,4-5,7,14H2,1H3,(H,15,17). The van der Waals surface area contributed by atoms with Crippen LogP contribution in [-0.2, 0) is 14.8 Å². The quantitative estimate of drug-likeness (QED) is 0.792. The number of rotatable bonds is 3. The van der Waals surface area contributed by atoms with E-state index in [0.717, 1.165) is 16.4 Å². The van der Waals surface area contributed by atoms with Gasteiger partial charge in [0.15, 0.2) is 0 Å². The highest BCUT2D eigenvalue weighted by Crippen LogP contribution is 2.24. The number of sulfonamides is 1. The van der Waals surface area contributed by atoms with Crippen LogP contribution in [-0.4, -0.2) is 45.1 Å². The molecule has 0 saturated carbocycles. The van der Waals surface area contributed by atoms with Crippen LogP contribution in [0.5, 0.6) is 0 Å². The third-order valence-electron chi connectivity index (χ3n) is 3.23. The summed E-state index contributed by atoms with van der Waals surface area (Å²) in [7, 11) is -2.73. The Balaban J connectivity index is 2.16. The summed E-state index contributed by atoms with van der Waals surface area (Å²) in [6.07, 6.45) is -0.191. The second-order valence-electron chi connectivity index (χ2n) is 4.67. The van der Waals surface area contributed by atoms with Crippen molar-refractivity contribution in [2.24, 2.45) is 0 Å². The number of nitrogen functional groups attached to an aromatic ring is 1. The highest BCUT2D eigenvalue weighted by molar-refractivity contribution is 7.89. The van der Waals surface area contributed by atoms with E-state index in [1.54, 1.807) is 0 Å². The van der Waals surface area contributed by atoms with Gasteiger partial charge in [0.05, 0.1) is 7.11 Å². The molecule has 1 aliphatic heterocycles. The van der Waals surface area contributed by atoms with E-state index in [-0.39, 0.29) is 24.8 Å². The van der Waals surface area contributed by atoms with Gasteiger partial charge in [-0.1, -0.05) is 0 Å². The van der Waals surface area contributed by atoms with Crippen molar-refractivity contribution < 1.29 is 22.3 Å². The lowest BCUT2D eigenvalue weighted by Crippen LogP contribution is -2.38. The lowest BCUT2D eigenvalue weighted by atomic mass is 10.3. The fourth-order valence-electron chi connectivity index (χ4n) is 2.16. The van der Waals surface area contributed by atoms with Crippen molar-refractivity contribution in [1.29, 1.82) is 0 Å². The van der Waals surface area contributed by atoms with Crippen molar-refractivity contribution in [1.82, 2.24) is 9.62 Å². The van der Waals surface area contributed by atoms with Crippen LogP contribution in [0.2, 0.25) is 0 Å². The molecule has 21 heavy (non-hydrogen) atoms. The molecule has 7 nitrogen and oxygen atoms in total. The minimum Gasteiger partial charge on any atom is -0.453 e. The van der Waals surface area contributed by atoms with Gasteiger partial charge in [0.1, 0.15) is 10.7 Å². The fraction of sp³-hybridized carbons (Fsp3) is 0.417. The van der Waals surface area contributed by atoms with E-state index < -0.39 is 26.8 Å². The van der Waals surface area contributed by atoms with Crippen LogP contribution in [0.3, 0.4) is 0 Å². The molecule has 1 saturated heterocycles. The molecule has 1 aromatic rings. The zero-order chi connectivity index (χ0) is 15.6. The topological polar surface area (TPSA) is 102 Å². The molecule has 116 valence electrons. The zero-order valence-corrected chi connectivity index (χ0v) is 12.2. The number of carbonyl (C=O) groups is 1. The Labute approximate surface area is 121 Å². The number of carbonyl (C=O) groups excluding carboxylic acids is 1. The van der Waals surface area contributed by atoms with Gasteiger partial charge in [-0.2, -0.15) is 4.31 Å². The second-order valence-corrected chi connectivity index (χ2v) is 6.58. The van der Waals surface area contributed by atoms with E-state index in [4.69, 9.17) is 5.73 Å². The van der Waals surface area contributed by atoms with E-state index in [1.165, 1.54) is 13.2 Å². The van der Waals surface area contributed by atoms with Crippen LogP contribution in [0.15, 0.2) is 23.1 Å². The highest BCUT2D eigenvalue weighted by Gasteiger charge is 2.34. The first-order chi connectivity index (χ1) is 9.84. The fourth-order valence-corrected chi connectivity index (χ4v) is 3.70. The summed E-state index contributed by atoms with van der Waals surface area (Å²) < 4.78 is 44.1. The molecule has 0 aromatic heterocycles. The Morgan fingerprint density at radius 3 is 2.86 bits per heavy atom. The zero-order valence-electron chi connectivity index (χ0n) is 11.4. The number of halogens is 1. The minimum absolute atomic E-state index is 0.0707. The number of benzene rings is 1. The Hall–Kier alpha value is -1.87. The van der Waals surface area contributed by atoms with Crippen LogP contribution >= 0.6 is 0 Å². The van der Waals surface area contributed by atoms with E-state index in [1.807, 2.05) is 0 Å². The Morgan fingerprint density at radius 2 is 2.24 bits per heavy atom. The largest absolute Gasteiger partial charge is 0.453 e. The normalized spacial score (nSPS) is 19.4. The summed E-state index contributed by atoms with van der Waals surface area (Å²) in [5.74, 6) is -0.889. The number of methoxy groups -OCH3 is 1. The molecule has 0 aliphatic carbocycles. The molecule has 1 aliphatic rings. The van der Waals surface area contributed by atoms with Crippen LogP contribution < -0.4 is 11.1 Å². The lowest BCUT2D eigenvalue weighted by Gasteiger charge is -2.17. The van der Waals surface area contributed by atoms with Crippen LogP contribution in [0.1, 0.15) is 6.42 Å². The molecule has 1 heterocycles. The molecule has 0 bridgehead atoms. The molecule has 1 fully saturated rings. The van der Waals surface area contributed by atoms with Gasteiger partial charge in [-0.15, -0.1) is 0 Å². The third kappa shape index (κ3) is 3.24. The molecule has 9 heteroatoms. The smallest absolute Gasteiger partial charge is 0.407 e. The molecule has 1 amide bonds. The van der Waals surface area contributed by atoms with Crippen LogP contribution in [0.4, 0.5) is 14.9 Å². The number of amides is 1. The van der Waals surface area contributed by atoms with E-state index in [9.17, 15) is 17.6 Å². The maximum Gasteiger partial charge on any atom is 0.407 e. The molecule has 1 aromatic carbocycles. The van der Waals surface area contributed by atoms with Gasteiger partial charge < -0.3 is 15.8 Å². The van der Waals surface area contributed by atoms with Crippen molar-refractivity contribution in [3.05, 3.63) is 24.0 Å². The summed E-state index contributed by atoms with van der Waals surface area (Å²) in [6.45, 7) is 0.266. The van der Waals surface area contributed by atoms with Gasteiger partial charge >= 0.3 is 6.09 Å².